The molecule has 9 heterocycles. The van der Waals surface area contributed by atoms with E-state index in [4.69, 9.17) is 25.4 Å². The Kier molecular flexibility index (Phi) is 23.7. The minimum atomic E-state index is -2.17. The van der Waals surface area contributed by atoms with E-state index in [9.17, 15) is 63.9 Å². The van der Waals surface area contributed by atoms with Crippen LogP contribution in [-0.2, 0) is 39.0 Å². The summed E-state index contributed by atoms with van der Waals surface area (Å²) in [6.07, 6.45) is -2.69. The summed E-state index contributed by atoms with van der Waals surface area (Å²) in [6.45, 7) is 18.2. The van der Waals surface area contributed by atoms with Crippen LogP contribution in [-0.4, -0.2) is 186 Å². The lowest BCUT2D eigenvalue weighted by Gasteiger charge is -2.41. The quantitative estimate of drug-likeness (QED) is 0.0773. The van der Waals surface area contributed by atoms with Gasteiger partial charge in [-0.25, -0.2) is 29.7 Å². The van der Waals surface area contributed by atoms with E-state index < -0.39 is 172 Å². The number of hydrogen-bond acceptors (Lipinski definition) is 29. The van der Waals surface area contributed by atoms with Gasteiger partial charge in [-0.1, -0.05) is 45.1 Å². The number of hydrogen-bond donors (Lipinski definition) is 15. The smallest absolute Gasteiger partial charge is 0.357 e. The molecular formula is C66H79N17O16S5. The zero-order valence-electron chi connectivity index (χ0n) is 57.8. The maximum absolute atomic E-state index is 15.2. The van der Waals surface area contributed by atoms with Gasteiger partial charge in [0.2, 0.25) is 29.5 Å². The van der Waals surface area contributed by atoms with Gasteiger partial charge in [-0.3, -0.25) is 58.5 Å². The minimum Gasteiger partial charge on any atom is -0.455 e. The number of carbonyl (C=O) groups excluding carboxylic acids is 10. The van der Waals surface area contributed by atoms with Crippen LogP contribution in [0.2, 0.25) is 0 Å². The van der Waals surface area contributed by atoms with Crippen molar-refractivity contribution in [2.75, 3.05) is 5.75 Å². The van der Waals surface area contributed by atoms with Crippen molar-refractivity contribution in [3.8, 4) is 0 Å². The third-order valence-corrected chi connectivity index (χ3v) is 23.2. The Morgan fingerprint density at radius 3 is 2.14 bits per heavy atom. The number of thioether (sulfide) groups is 1. The molecule has 1 aliphatic carbocycles. The predicted molar refractivity (Wildman–Crippen MR) is 384 cm³/mol. The molecule has 16 N–H and O–H groups in total. The number of amides is 9. The average molecular weight is 1530 g/mol. The fourth-order valence-electron chi connectivity index (χ4n) is 11.8. The van der Waals surface area contributed by atoms with E-state index in [0.29, 0.717) is 6.42 Å². The highest BCUT2D eigenvalue weighted by atomic mass is 32.2. The number of cyclic esters (lactones) is 1. The maximum atomic E-state index is 15.2. The minimum absolute atomic E-state index is 0.00929. The first-order chi connectivity index (χ1) is 49.1. The topological polar surface area (TPSA) is 505 Å². The second-order valence-electron chi connectivity index (χ2n) is 25.9. The summed E-state index contributed by atoms with van der Waals surface area (Å²) in [5, 5.41) is 88.2. The highest BCUT2D eigenvalue weighted by molar-refractivity contribution is 8.14. The number of esters is 1. The van der Waals surface area contributed by atoms with Crippen LogP contribution in [0.3, 0.4) is 0 Å². The van der Waals surface area contributed by atoms with Crippen LogP contribution >= 0.6 is 57.1 Å². The molecule has 5 aromatic rings. The second-order valence-corrected chi connectivity index (χ2v) is 30.4. The molecule has 13 bridgehead atoms. The molecule has 5 aromatic heterocycles. The van der Waals surface area contributed by atoms with Gasteiger partial charge in [-0.2, -0.15) is 0 Å². The van der Waals surface area contributed by atoms with Gasteiger partial charge in [0.1, 0.15) is 113 Å². The van der Waals surface area contributed by atoms with E-state index in [2.05, 4.69) is 74.4 Å². The standard InChI is InChI=1S/C66H79N17O16S5/c1-12-24(3)43-57(95)70-26(5)52(90)68-25(4)51(89)69-27(6)53(91)83-66-17-16-36(60-76-39(20-100-60)50(67)88)73-48(66)38-19-102-61(75-38)45(30(9)99-63(97)37-18-33(28(7)84)32-14-15-35(71-43)47(87)46(32)72-37)81-54(92)40-22-103-62(78-40)49(65(11,98)31(10)86)82-56(94)41-21-101-59(77-41)34(13-2)74-58(96)44(29(8)85)80-55(93)42-23-104-64(66)79-42/h13-15,18-20,22-24,26-31,35,41,43-45,47-49,71,84-87,98H,4,12,16-17,21H2,1-3,5-11H3,(H2,67,88)(H,68,90)(H,69,89)(H,70,95)(H,74,96)(H,80,93)(H,81,92)(H,82,94)(H,83,91)/b34-13-/t24?,26?,27-,28?,29?,30?,31+,35?,41?,43?,44?,45-,47-,48+,49-,65+,66+/m0/s1. The van der Waals surface area contributed by atoms with Crippen LogP contribution < -0.4 is 53.6 Å². The maximum Gasteiger partial charge on any atom is 0.357 e. The fourth-order valence-corrected chi connectivity index (χ4v) is 16.7. The molecule has 0 saturated carbocycles. The van der Waals surface area contributed by atoms with Crippen molar-refractivity contribution < 1.29 is 78.2 Å². The van der Waals surface area contributed by atoms with Gasteiger partial charge in [-0.15, -0.1) is 57.1 Å². The van der Waals surface area contributed by atoms with Crippen LogP contribution in [0.15, 0.2) is 67.7 Å². The number of thiazole rings is 4. The summed E-state index contributed by atoms with van der Waals surface area (Å²) >= 11 is 4.69. The zero-order valence-corrected chi connectivity index (χ0v) is 61.9. The Morgan fingerprint density at radius 1 is 0.779 bits per heavy atom. The Balaban J connectivity index is 1.17. The largest absolute Gasteiger partial charge is 0.455 e. The number of nitrogens with two attached hydrogens (primary N) is 1. The van der Waals surface area contributed by atoms with Gasteiger partial charge >= 0.3 is 5.97 Å². The lowest BCUT2D eigenvalue weighted by molar-refractivity contribution is -0.131. The Morgan fingerprint density at radius 2 is 1.47 bits per heavy atom. The van der Waals surface area contributed by atoms with Crippen molar-refractivity contribution in [2.24, 2.45) is 21.6 Å². The van der Waals surface area contributed by atoms with E-state index >= 15 is 9.59 Å². The molecule has 0 spiro atoms. The van der Waals surface area contributed by atoms with Crippen LogP contribution in [0.4, 0.5) is 0 Å². The molecular weight excluding hydrogens is 1450 g/mol. The van der Waals surface area contributed by atoms with Crippen molar-refractivity contribution in [1.82, 2.24) is 72.8 Å². The number of rotatable bonds is 8. The van der Waals surface area contributed by atoms with Gasteiger partial charge in [0.25, 0.3) is 23.6 Å². The molecule has 554 valence electrons. The van der Waals surface area contributed by atoms with Crippen LogP contribution in [0, 0.1) is 5.92 Å². The molecule has 104 heavy (non-hydrogen) atoms. The summed E-state index contributed by atoms with van der Waals surface area (Å²) in [5.41, 5.74) is 0.481. The molecule has 0 saturated heterocycles. The van der Waals surface area contributed by atoms with Crippen LogP contribution in [0.25, 0.3) is 6.08 Å². The normalized spacial score (nSPS) is 28.5. The molecule has 5 aliphatic rings. The number of carbonyl (C=O) groups is 10. The van der Waals surface area contributed by atoms with Crippen LogP contribution in [0.5, 0.6) is 0 Å². The molecule has 9 amide bonds. The molecule has 10 rings (SSSR count). The molecule has 38 heteroatoms. The van der Waals surface area contributed by atoms with Gasteiger partial charge in [0.15, 0.2) is 0 Å². The van der Waals surface area contributed by atoms with Gasteiger partial charge in [-0.05, 0) is 85.8 Å². The number of allylic oxidation sites excluding steroid dienone is 1. The van der Waals surface area contributed by atoms with Gasteiger partial charge in [0.05, 0.1) is 58.9 Å². The lowest BCUT2D eigenvalue weighted by Crippen LogP contribution is -2.57. The summed E-state index contributed by atoms with van der Waals surface area (Å²) in [6, 6.07) is -11.1. The molecule has 0 fully saturated rings. The number of nitrogens with one attached hydrogen (secondary N) is 9. The monoisotopic (exact) mass is 1530 g/mol. The first-order valence-corrected chi connectivity index (χ1v) is 37.5. The van der Waals surface area contributed by atoms with Crippen molar-refractivity contribution in [2.45, 2.75) is 185 Å². The number of fused-ring (bicyclic) bond motifs is 7. The lowest BCUT2D eigenvalue weighted by atomic mass is 9.80. The van der Waals surface area contributed by atoms with Gasteiger partial charge in [0, 0.05) is 32.8 Å². The average Bonchev–Trinajstić information content (AvgIpc) is 1.43. The van der Waals surface area contributed by atoms with E-state index in [0.717, 1.165) is 57.1 Å². The highest BCUT2D eigenvalue weighted by Crippen LogP contribution is 2.48. The number of aliphatic imine (C=N–C) groups is 2. The van der Waals surface area contributed by atoms with Crippen molar-refractivity contribution in [3.63, 3.8) is 0 Å². The third-order valence-electron chi connectivity index (χ3n) is 18.4. The molecule has 17 atom stereocenters. The SMILES string of the molecule is C=C1NC(=O)C(C)NC(=O)C(C(C)CC)NC2C=Cc3c(C(C)O)cc(nc3[C@H]2O)C(=O)OC(C)[C@@H]2NC(=O)c3csc(n3)[C@@H]([C@](C)(O)[C@@H](C)O)NC(=O)C3CSC(=N3)/C(=C/C)NC(=O)C(C(C)O)NC(=O)c3csc(n3)[C@]3(CCC(c4nc(C(N)=O)cs4)=N[C@@H]3c3csc2n3)NC(=O)[C@H](C)NC1=O. The molecule has 33 nitrogen and oxygen atoms in total. The predicted octanol–water partition coefficient (Wildman–Crippen LogP) is 1.51. The summed E-state index contributed by atoms with van der Waals surface area (Å²) in [5.74, 6) is -9.57. The first kappa shape index (κ1) is 77.6. The number of aliphatic hydroxyl groups excluding tert-OH is 4. The number of pyridine rings is 1. The van der Waals surface area contributed by atoms with E-state index in [1.54, 1.807) is 26.0 Å². The summed E-state index contributed by atoms with van der Waals surface area (Å²) < 4.78 is 6.24. The summed E-state index contributed by atoms with van der Waals surface area (Å²) in [4.78, 5) is 177. The van der Waals surface area contributed by atoms with Crippen molar-refractivity contribution >= 4 is 133 Å². The van der Waals surface area contributed by atoms with Crippen molar-refractivity contribution in [1.29, 1.82) is 0 Å². The molecule has 4 aliphatic heterocycles. The number of nitrogens with zero attached hydrogens (tertiary/aromatic N) is 7. The second kappa shape index (κ2) is 31.8. The Hall–Kier alpha value is -8.96. The molecule has 0 aromatic carbocycles. The summed E-state index contributed by atoms with van der Waals surface area (Å²) in [7, 11) is 0. The van der Waals surface area contributed by atoms with Crippen molar-refractivity contribution in [3.05, 3.63) is 123 Å². The van der Waals surface area contributed by atoms with Crippen LogP contribution in [0.1, 0.15) is 203 Å². The number of primary amides is 1. The zero-order chi connectivity index (χ0) is 75.7. The number of ether oxygens (including phenoxy) is 1. The van der Waals surface area contributed by atoms with E-state index in [1.807, 2.05) is 6.92 Å². The highest BCUT2D eigenvalue weighted by Gasteiger charge is 2.51. The fraction of sp³-hybridized carbons (Fsp3) is 0.470. The molecule has 9 unspecified atom stereocenters. The Bertz CT molecular complexity index is 4390. The van der Waals surface area contributed by atoms with E-state index in [-0.39, 0.29) is 94.7 Å². The Labute approximate surface area is 615 Å². The first-order valence-electron chi connectivity index (χ1n) is 33.0. The number of aromatic nitrogens is 5. The number of aliphatic hydroxyl groups is 5. The van der Waals surface area contributed by atoms with Gasteiger partial charge < -0.3 is 78.5 Å². The van der Waals surface area contributed by atoms with E-state index in [1.165, 1.54) is 82.1 Å². The molecule has 0 radical (unpaired) electrons. The third kappa shape index (κ3) is 16.3.